The van der Waals surface area contributed by atoms with E-state index < -0.39 is 0 Å². The van der Waals surface area contributed by atoms with Gasteiger partial charge < -0.3 is 4.74 Å². The maximum absolute atomic E-state index is 4.90. The second-order valence-corrected chi connectivity index (χ2v) is 1.97. The third-order valence-electron chi connectivity index (χ3n) is 0.945. The number of methoxy groups -OCH3 is 1. The molecule has 1 heteroatoms. The summed E-state index contributed by atoms with van der Waals surface area (Å²) in [6.45, 7) is 4.77. The average molecular weight is 126 g/mol. The summed E-state index contributed by atoms with van der Waals surface area (Å²) in [7, 11) is 1.70. The van der Waals surface area contributed by atoms with E-state index in [9.17, 15) is 0 Å². The first-order valence-electron chi connectivity index (χ1n) is 3.08. The van der Waals surface area contributed by atoms with Crippen LogP contribution in [0.2, 0.25) is 0 Å². The van der Waals surface area contributed by atoms with Crippen LogP contribution in [-0.4, -0.2) is 13.7 Å². The highest BCUT2D eigenvalue weighted by Crippen LogP contribution is 1.91. The molecule has 0 aromatic heterocycles. The molecule has 0 N–H and O–H groups in total. The molecule has 0 aliphatic rings. The van der Waals surface area contributed by atoms with Crippen LogP contribution in [0.4, 0.5) is 0 Å². The SMILES string of the molecule is CC=CC=C(C)COC. The Hall–Kier alpha value is -0.560. The van der Waals surface area contributed by atoms with Gasteiger partial charge in [0.25, 0.3) is 0 Å². The lowest BCUT2D eigenvalue weighted by atomic mass is 10.3. The van der Waals surface area contributed by atoms with Gasteiger partial charge in [-0.3, -0.25) is 0 Å². The molecule has 0 heterocycles. The summed E-state index contributed by atoms with van der Waals surface area (Å²) in [4.78, 5) is 0. The van der Waals surface area contributed by atoms with Crippen LogP contribution in [0.15, 0.2) is 23.8 Å². The first-order chi connectivity index (χ1) is 4.31. The summed E-state index contributed by atoms with van der Waals surface area (Å²) in [5, 5.41) is 0. The maximum atomic E-state index is 4.90. The molecular weight excluding hydrogens is 112 g/mol. The highest BCUT2D eigenvalue weighted by atomic mass is 16.5. The topological polar surface area (TPSA) is 9.23 Å². The summed E-state index contributed by atoms with van der Waals surface area (Å²) in [5.74, 6) is 0. The van der Waals surface area contributed by atoms with Crippen LogP contribution in [0.25, 0.3) is 0 Å². The van der Waals surface area contributed by atoms with E-state index in [1.54, 1.807) is 7.11 Å². The lowest BCUT2D eigenvalue weighted by Crippen LogP contribution is -1.87. The predicted octanol–water partition coefficient (Wildman–Crippen LogP) is 2.16. The summed E-state index contributed by atoms with van der Waals surface area (Å²) in [6.07, 6.45) is 6.05. The van der Waals surface area contributed by atoms with Gasteiger partial charge >= 0.3 is 0 Å². The summed E-state index contributed by atoms with van der Waals surface area (Å²) in [5.41, 5.74) is 1.25. The Morgan fingerprint density at radius 3 is 2.67 bits per heavy atom. The fraction of sp³-hybridized carbons (Fsp3) is 0.500. The number of rotatable bonds is 3. The quantitative estimate of drug-likeness (QED) is 0.526. The minimum atomic E-state index is 0.727. The number of hydrogen-bond acceptors (Lipinski definition) is 1. The van der Waals surface area contributed by atoms with Crippen LogP contribution in [-0.2, 0) is 4.74 Å². The Balaban J connectivity index is 3.55. The van der Waals surface area contributed by atoms with Crippen LogP contribution < -0.4 is 0 Å². The van der Waals surface area contributed by atoms with Crippen LogP contribution in [0.5, 0.6) is 0 Å². The third kappa shape index (κ3) is 5.31. The molecule has 0 aromatic rings. The van der Waals surface area contributed by atoms with Gasteiger partial charge in [0.05, 0.1) is 6.61 Å². The van der Waals surface area contributed by atoms with Crippen molar-refractivity contribution in [2.45, 2.75) is 13.8 Å². The van der Waals surface area contributed by atoms with E-state index in [2.05, 4.69) is 0 Å². The predicted molar refractivity (Wildman–Crippen MR) is 40.4 cm³/mol. The second-order valence-electron chi connectivity index (χ2n) is 1.97. The Morgan fingerprint density at radius 2 is 2.22 bits per heavy atom. The molecule has 1 nitrogen and oxygen atoms in total. The minimum Gasteiger partial charge on any atom is -0.380 e. The molecule has 52 valence electrons. The average Bonchev–Trinajstić information content (AvgIpc) is 1.85. The Labute approximate surface area is 57.0 Å². The molecule has 0 unspecified atom stereocenters. The molecule has 0 spiro atoms. The first-order valence-corrected chi connectivity index (χ1v) is 3.08. The van der Waals surface area contributed by atoms with Crippen LogP contribution >= 0.6 is 0 Å². The molecule has 0 saturated carbocycles. The van der Waals surface area contributed by atoms with Gasteiger partial charge in [0.2, 0.25) is 0 Å². The van der Waals surface area contributed by atoms with Crippen molar-refractivity contribution in [1.29, 1.82) is 0 Å². The van der Waals surface area contributed by atoms with Crippen LogP contribution in [0, 0.1) is 0 Å². The molecule has 0 rings (SSSR count). The van der Waals surface area contributed by atoms with Gasteiger partial charge in [0.15, 0.2) is 0 Å². The maximum Gasteiger partial charge on any atom is 0.0673 e. The van der Waals surface area contributed by atoms with E-state index in [0.717, 1.165) is 6.61 Å². The Morgan fingerprint density at radius 1 is 1.56 bits per heavy atom. The van der Waals surface area contributed by atoms with Crippen LogP contribution in [0.1, 0.15) is 13.8 Å². The largest absolute Gasteiger partial charge is 0.380 e. The van der Waals surface area contributed by atoms with Gasteiger partial charge in [-0.2, -0.15) is 0 Å². The molecule has 0 aliphatic carbocycles. The smallest absolute Gasteiger partial charge is 0.0673 e. The fourth-order valence-electron chi connectivity index (χ4n) is 0.536. The molecular formula is C8H14O. The standard InChI is InChI=1S/C8H14O/c1-4-5-6-8(2)7-9-3/h4-6H,7H2,1-3H3. The zero-order valence-corrected chi connectivity index (χ0v) is 6.35. The lowest BCUT2D eigenvalue weighted by Gasteiger charge is -1.94. The van der Waals surface area contributed by atoms with Gasteiger partial charge in [-0.1, -0.05) is 18.2 Å². The van der Waals surface area contributed by atoms with Crippen molar-refractivity contribution >= 4 is 0 Å². The monoisotopic (exact) mass is 126 g/mol. The fourth-order valence-corrected chi connectivity index (χ4v) is 0.536. The molecule has 9 heavy (non-hydrogen) atoms. The van der Waals surface area contributed by atoms with Gasteiger partial charge in [-0.05, 0) is 19.4 Å². The van der Waals surface area contributed by atoms with Gasteiger partial charge in [-0.25, -0.2) is 0 Å². The highest BCUT2D eigenvalue weighted by molar-refractivity contribution is 5.09. The van der Waals surface area contributed by atoms with Crippen molar-refractivity contribution in [3.63, 3.8) is 0 Å². The molecule has 0 aliphatic heterocycles. The third-order valence-corrected chi connectivity index (χ3v) is 0.945. The molecule has 0 radical (unpaired) electrons. The van der Waals surface area contributed by atoms with Crippen molar-refractivity contribution in [1.82, 2.24) is 0 Å². The van der Waals surface area contributed by atoms with E-state index in [1.807, 2.05) is 32.1 Å². The van der Waals surface area contributed by atoms with Crippen molar-refractivity contribution < 1.29 is 4.74 Å². The number of allylic oxidation sites excluding steroid dienone is 3. The Bertz CT molecular complexity index is 112. The van der Waals surface area contributed by atoms with E-state index in [1.165, 1.54) is 5.57 Å². The van der Waals surface area contributed by atoms with Crippen molar-refractivity contribution in [2.75, 3.05) is 13.7 Å². The molecule has 0 saturated heterocycles. The van der Waals surface area contributed by atoms with Gasteiger partial charge in [0.1, 0.15) is 0 Å². The second kappa shape index (κ2) is 5.57. The van der Waals surface area contributed by atoms with E-state index in [4.69, 9.17) is 4.74 Å². The van der Waals surface area contributed by atoms with Crippen molar-refractivity contribution in [3.05, 3.63) is 23.8 Å². The zero-order chi connectivity index (χ0) is 7.11. The van der Waals surface area contributed by atoms with Crippen molar-refractivity contribution in [3.8, 4) is 0 Å². The van der Waals surface area contributed by atoms with Gasteiger partial charge in [-0.15, -0.1) is 0 Å². The molecule has 0 atom stereocenters. The molecule has 0 bridgehead atoms. The minimum absolute atomic E-state index is 0.727. The Kier molecular flexibility index (Phi) is 5.23. The zero-order valence-electron chi connectivity index (χ0n) is 6.35. The molecule has 0 fully saturated rings. The highest BCUT2D eigenvalue weighted by Gasteiger charge is 1.81. The summed E-state index contributed by atoms with van der Waals surface area (Å²) >= 11 is 0. The van der Waals surface area contributed by atoms with Crippen molar-refractivity contribution in [2.24, 2.45) is 0 Å². The van der Waals surface area contributed by atoms with E-state index in [0.29, 0.717) is 0 Å². The number of ether oxygens (including phenoxy) is 1. The van der Waals surface area contributed by atoms with Gasteiger partial charge in [0, 0.05) is 7.11 Å². The first kappa shape index (κ1) is 8.44. The summed E-state index contributed by atoms with van der Waals surface area (Å²) in [6, 6.07) is 0. The molecule has 0 amide bonds. The lowest BCUT2D eigenvalue weighted by molar-refractivity contribution is 0.226. The van der Waals surface area contributed by atoms with Crippen LogP contribution in [0.3, 0.4) is 0 Å². The number of hydrogen-bond donors (Lipinski definition) is 0. The normalized spacial score (nSPS) is 13.0. The van der Waals surface area contributed by atoms with E-state index >= 15 is 0 Å². The van der Waals surface area contributed by atoms with E-state index in [-0.39, 0.29) is 0 Å². The molecule has 0 aromatic carbocycles. The summed E-state index contributed by atoms with van der Waals surface area (Å²) < 4.78 is 4.90.